The third kappa shape index (κ3) is 28.9. The number of ether oxygens (including phenoxy) is 1. The van der Waals surface area contributed by atoms with Crippen LogP contribution in [-0.2, 0) is 19.1 Å². The van der Waals surface area contributed by atoms with Gasteiger partial charge in [-0.05, 0) is 51.0 Å². The van der Waals surface area contributed by atoms with E-state index in [9.17, 15) is 14.4 Å². The summed E-state index contributed by atoms with van der Waals surface area (Å²) in [6, 6.07) is 0. The fraction of sp³-hybridized carbons (Fsp3) is 0.794. The second kappa shape index (κ2) is 29.9. The highest BCUT2D eigenvalue weighted by molar-refractivity contribution is 5.80. The fourth-order valence-electron chi connectivity index (χ4n) is 4.64. The number of amides is 1. The van der Waals surface area contributed by atoms with Gasteiger partial charge >= 0.3 is 11.9 Å². The molecule has 0 aromatic heterocycles. The lowest BCUT2D eigenvalue weighted by atomic mass is 10.1. The average molecular weight is 564 g/mol. The maximum Gasteiger partial charge on any atom is 0.322 e. The van der Waals surface area contributed by atoms with Crippen molar-refractivity contribution in [3.63, 3.8) is 0 Å². The highest BCUT2D eigenvalue weighted by atomic mass is 16.5. The zero-order valence-corrected chi connectivity index (χ0v) is 25.9. The Bertz CT molecular complexity index is 673. The molecule has 0 radical (unpaired) electrons. The Kier molecular flexibility index (Phi) is 28.3. The van der Waals surface area contributed by atoms with Crippen LogP contribution in [0.4, 0.5) is 0 Å². The number of allylic oxidation sites excluding steroid dienone is 3. The molecular weight excluding hydrogens is 502 g/mol. The summed E-state index contributed by atoms with van der Waals surface area (Å²) in [6.45, 7) is 4.14. The normalized spacial score (nSPS) is 12.2. The topological polar surface area (TPSA) is 92.7 Å². The smallest absolute Gasteiger partial charge is 0.322 e. The summed E-state index contributed by atoms with van der Waals surface area (Å²) < 4.78 is 5.83. The van der Waals surface area contributed by atoms with Crippen LogP contribution < -0.4 is 5.32 Å². The number of rotatable bonds is 29. The molecule has 0 aromatic carbocycles. The lowest BCUT2D eigenvalue weighted by molar-refractivity contribution is -0.147. The number of carboxylic acid groups (broad SMARTS) is 1. The van der Waals surface area contributed by atoms with Gasteiger partial charge in [0.05, 0.1) is 0 Å². The summed E-state index contributed by atoms with van der Waals surface area (Å²) in [5, 5.41) is 11.0. The van der Waals surface area contributed by atoms with Gasteiger partial charge in [0.25, 0.3) is 0 Å². The molecule has 0 bridgehead atoms. The summed E-state index contributed by atoms with van der Waals surface area (Å²) in [4.78, 5) is 34.7. The van der Waals surface area contributed by atoms with Crippen LogP contribution in [-0.4, -0.2) is 35.6 Å². The molecule has 6 nitrogen and oxygen atoms in total. The molecule has 0 saturated carbocycles. The van der Waals surface area contributed by atoms with Crippen molar-refractivity contribution in [2.24, 2.45) is 0 Å². The molecule has 0 aliphatic rings. The maximum absolute atomic E-state index is 12.5. The predicted octanol–water partition coefficient (Wildman–Crippen LogP) is 9.22. The zero-order valence-electron chi connectivity index (χ0n) is 25.9. The summed E-state index contributed by atoms with van der Waals surface area (Å²) in [5.41, 5.74) is 0. The van der Waals surface area contributed by atoms with Gasteiger partial charge < -0.3 is 15.2 Å². The molecule has 6 heteroatoms. The van der Waals surface area contributed by atoms with Gasteiger partial charge in [-0.1, -0.05) is 122 Å². The van der Waals surface area contributed by atoms with Gasteiger partial charge in [0.1, 0.15) is 12.6 Å². The van der Waals surface area contributed by atoms with E-state index in [1.165, 1.54) is 77.0 Å². The lowest BCUT2D eigenvalue weighted by Gasteiger charge is -2.14. The minimum atomic E-state index is -1.03. The van der Waals surface area contributed by atoms with Gasteiger partial charge in [-0.3, -0.25) is 14.4 Å². The Balaban J connectivity index is 4.24. The molecule has 232 valence electrons. The van der Waals surface area contributed by atoms with Crippen LogP contribution in [0.15, 0.2) is 24.3 Å². The first-order valence-corrected chi connectivity index (χ1v) is 16.5. The van der Waals surface area contributed by atoms with E-state index in [-0.39, 0.29) is 24.5 Å². The highest BCUT2D eigenvalue weighted by Crippen LogP contribution is 2.15. The Morgan fingerprint density at radius 3 is 1.85 bits per heavy atom. The fourth-order valence-corrected chi connectivity index (χ4v) is 4.64. The number of hydrogen-bond donors (Lipinski definition) is 2. The monoisotopic (exact) mass is 563 g/mol. The maximum atomic E-state index is 12.5. The number of nitrogens with one attached hydrogen (secondary N) is 1. The Morgan fingerprint density at radius 2 is 1.23 bits per heavy atom. The molecule has 0 aliphatic heterocycles. The molecule has 1 atom stereocenters. The third-order valence-electron chi connectivity index (χ3n) is 7.11. The number of aliphatic carboxylic acids is 1. The van der Waals surface area contributed by atoms with E-state index in [2.05, 4.69) is 37.4 Å². The van der Waals surface area contributed by atoms with E-state index in [4.69, 9.17) is 9.84 Å². The molecular formula is C34H61NO5. The first kappa shape index (κ1) is 37.9. The molecule has 0 heterocycles. The van der Waals surface area contributed by atoms with E-state index < -0.39 is 5.97 Å². The first-order valence-electron chi connectivity index (χ1n) is 16.5. The largest absolute Gasteiger partial charge is 0.480 e. The van der Waals surface area contributed by atoms with Crippen molar-refractivity contribution in [2.45, 2.75) is 168 Å². The van der Waals surface area contributed by atoms with Crippen LogP contribution in [0.25, 0.3) is 0 Å². The lowest BCUT2D eigenvalue weighted by Crippen LogP contribution is -2.28. The quantitative estimate of drug-likeness (QED) is 0.0537. The molecule has 40 heavy (non-hydrogen) atoms. The predicted molar refractivity (Wildman–Crippen MR) is 166 cm³/mol. The summed E-state index contributed by atoms with van der Waals surface area (Å²) >= 11 is 0. The molecule has 0 spiro atoms. The van der Waals surface area contributed by atoms with Gasteiger partial charge in [0.2, 0.25) is 5.91 Å². The van der Waals surface area contributed by atoms with Gasteiger partial charge in [0.15, 0.2) is 0 Å². The van der Waals surface area contributed by atoms with E-state index >= 15 is 0 Å². The van der Waals surface area contributed by atoms with E-state index in [1.54, 1.807) is 0 Å². The van der Waals surface area contributed by atoms with E-state index in [0.717, 1.165) is 57.8 Å². The molecule has 0 fully saturated rings. The van der Waals surface area contributed by atoms with Crippen LogP contribution in [0.3, 0.4) is 0 Å². The average Bonchev–Trinajstić information content (AvgIpc) is 2.93. The molecule has 2 N–H and O–H groups in total. The Morgan fingerprint density at radius 1 is 0.675 bits per heavy atom. The number of carbonyl (C=O) groups excluding carboxylic acids is 2. The molecule has 1 unspecified atom stereocenters. The second-order valence-corrected chi connectivity index (χ2v) is 11.1. The minimum absolute atomic E-state index is 0.101. The number of hydrogen-bond acceptors (Lipinski definition) is 4. The molecule has 1 amide bonds. The van der Waals surface area contributed by atoms with Crippen LogP contribution in [0.2, 0.25) is 0 Å². The van der Waals surface area contributed by atoms with Gasteiger partial charge in [-0.15, -0.1) is 0 Å². The number of carbonyl (C=O) groups is 3. The zero-order chi connectivity index (χ0) is 29.5. The van der Waals surface area contributed by atoms with Gasteiger partial charge in [-0.2, -0.15) is 0 Å². The first-order chi connectivity index (χ1) is 19.5. The van der Waals surface area contributed by atoms with Crippen molar-refractivity contribution in [1.29, 1.82) is 0 Å². The number of carboxylic acids is 1. The number of unbranched alkanes of at least 4 members (excludes halogenated alkanes) is 16. The summed E-state index contributed by atoms with van der Waals surface area (Å²) in [7, 11) is 0. The molecule has 0 aliphatic carbocycles. The minimum Gasteiger partial charge on any atom is -0.480 e. The SMILES string of the molecule is CCCCC/C=C\C/C=C\C(CCCCCCC(=O)NCC(=O)O)OC(=O)CCCCCCCCCCCCC. The van der Waals surface area contributed by atoms with Gasteiger partial charge in [0, 0.05) is 12.8 Å². The van der Waals surface area contributed by atoms with Crippen LogP contribution in [0.1, 0.15) is 162 Å². The van der Waals surface area contributed by atoms with Crippen molar-refractivity contribution in [2.75, 3.05) is 6.54 Å². The summed E-state index contributed by atoms with van der Waals surface area (Å²) in [6.07, 6.45) is 33.0. The highest BCUT2D eigenvalue weighted by Gasteiger charge is 2.11. The van der Waals surface area contributed by atoms with Crippen LogP contribution in [0.5, 0.6) is 0 Å². The second-order valence-electron chi connectivity index (χ2n) is 11.1. The van der Waals surface area contributed by atoms with Crippen molar-refractivity contribution >= 4 is 17.8 Å². The van der Waals surface area contributed by atoms with Gasteiger partial charge in [-0.25, -0.2) is 0 Å². The van der Waals surface area contributed by atoms with Crippen LogP contribution >= 0.6 is 0 Å². The summed E-state index contributed by atoms with van der Waals surface area (Å²) in [5.74, 6) is -1.35. The Labute approximate surface area is 245 Å². The molecule has 0 aromatic rings. The Hall–Kier alpha value is -2.11. The van der Waals surface area contributed by atoms with Crippen molar-refractivity contribution in [3.05, 3.63) is 24.3 Å². The molecule has 0 rings (SSSR count). The van der Waals surface area contributed by atoms with Crippen molar-refractivity contribution in [3.8, 4) is 0 Å². The third-order valence-corrected chi connectivity index (χ3v) is 7.11. The standard InChI is InChI=1S/C34H61NO5/c1-3-5-7-9-11-13-14-15-17-19-25-29-34(39)40-31(26-22-18-16-12-10-8-6-4-2)27-23-20-21-24-28-32(36)35-30-33(37)38/h12,16,22,26,31H,3-11,13-15,17-21,23-25,27-30H2,1-2H3,(H,35,36)(H,37,38)/b16-12-,26-22-. The number of esters is 1. The van der Waals surface area contributed by atoms with Crippen molar-refractivity contribution < 1.29 is 24.2 Å². The van der Waals surface area contributed by atoms with E-state index in [0.29, 0.717) is 12.8 Å². The molecule has 0 saturated heterocycles. The van der Waals surface area contributed by atoms with Crippen molar-refractivity contribution in [1.82, 2.24) is 5.32 Å². The van der Waals surface area contributed by atoms with Crippen LogP contribution in [0, 0.1) is 0 Å². The van der Waals surface area contributed by atoms with E-state index in [1.807, 2.05) is 6.08 Å².